The number of halogens is 1. The first kappa shape index (κ1) is 24.9. The van der Waals surface area contributed by atoms with Gasteiger partial charge in [-0.1, -0.05) is 23.7 Å². The van der Waals surface area contributed by atoms with Gasteiger partial charge in [0.05, 0.1) is 11.9 Å². The van der Waals surface area contributed by atoms with Crippen LogP contribution in [0.15, 0.2) is 53.6 Å². The van der Waals surface area contributed by atoms with E-state index in [0.29, 0.717) is 17.0 Å². The Labute approximate surface area is 201 Å². The van der Waals surface area contributed by atoms with Crippen LogP contribution in [-0.4, -0.2) is 54.8 Å². The van der Waals surface area contributed by atoms with Crippen LogP contribution in [0, 0.1) is 5.41 Å². The number of amidine groups is 1. The predicted molar refractivity (Wildman–Crippen MR) is 129 cm³/mol. The second-order valence-corrected chi connectivity index (χ2v) is 9.41. The zero-order valence-electron chi connectivity index (χ0n) is 18.5. The van der Waals surface area contributed by atoms with Crippen LogP contribution >= 0.6 is 11.6 Å². The molecule has 5 N–H and O–H groups in total. The van der Waals surface area contributed by atoms with Gasteiger partial charge in [-0.15, -0.1) is 0 Å². The van der Waals surface area contributed by atoms with E-state index in [0.717, 1.165) is 6.07 Å². The third kappa shape index (κ3) is 5.42. The van der Waals surface area contributed by atoms with Gasteiger partial charge in [-0.3, -0.25) is 19.7 Å². The van der Waals surface area contributed by atoms with Gasteiger partial charge in [-0.05, 0) is 30.3 Å². The van der Waals surface area contributed by atoms with Gasteiger partial charge in [-0.2, -0.15) is 5.10 Å². The van der Waals surface area contributed by atoms with Crippen molar-refractivity contribution < 1.29 is 18.0 Å². The van der Waals surface area contributed by atoms with Gasteiger partial charge in [0.25, 0.3) is 11.8 Å². The molecule has 1 aromatic heterocycles. The van der Waals surface area contributed by atoms with Crippen LogP contribution in [-0.2, 0) is 17.1 Å². The third-order valence-electron chi connectivity index (χ3n) is 4.78. The van der Waals surface area contributed by atoms with E-state index < -0.39 is 21.8 Å². The van der Waals surface area contributed by atoms with E-state index in [1.807, 2.05) is 0 Å². The van der Waals surface area contributed by atoms with Crippen molar-refractivity contribution in [1.82, 2.24) is 14.7 Å². The van der Waals surface area contributed by atoms with Crippen molar-refractivity contribution >= 4 is 50.8 Å². The molecule has 1 heterocycles. The normalized spacial score (nSPS) is 11.1. The molecule has 34 heavy (non-hydrogen) atoms. The molecular formula is C21H22ClN7O4S. The third-order valence-corrected chi connectivity index (χ3v) is 5.97. The monoisotopic (exact) mass is 503 g/mol. The fourth-order valence-electron chi connectivity index (χ4n) is 2.99. The van der Waals surface area contributed by atoms with Gasteiger partial charge < -0.3 is 15.5 Å². The number of carbonyl (C=O) groups is 2. The number of aryl methyl sites for hydroxylation is 1. The molecule has 13 heteroatoms. The summed E-state index contributed by atoms with van der Waals surface area (Å²) in [6.07, 6.45) is 1.24. The van der Waals surface area contributed by atoms with Crippen LogP contribution in [0.3, 0.4) is 0 Å². The van der Waals surface area contributed by atoms with E-state index in [-0.39, 0.29) is 27.0 Å². The molecule has 0 aliphatic carbocycles. The Hall–Kier alpha value is -3.74. The van der Waals surface area contributed by atoms with Gasteiger partial charge >= 0.3 is 0 Å². The summed E-state index contributed by atoms with van der Waals surface area (Å²) in [7, 11) is 0.855. The lowest BCUT2D eigenvalue weighted by molar-refractivity contribution is 0.102. The highest BCUT2D eigenvalue weighted by atomic mass is 35.5. The zero-order valence-corrected chi connectivity index (χ0v) is 20.0. The quantitative estimate of drug-likeness (QED) is 0.297. The Kier molecular flexibility index (Phi) is 7.05. The average molecular weight is 504 g/mol. The molecule has 2 aromatic carbocycles. The van der Waals surface area contributed by atoms with Gasteiger partial charge in [-0.25, -0.2) is 13.6 Å². The maximum Gasteiger partial charge on any atom is 0.261 e. The number of hydrogen-bond donors (Lipinski definition) is 4. The zero-order chi connectivity index (χ0) is 25.2. The minimum absolute atomic E-state index is 0.00262. The molecule has 0 fully saturated rings. The van der Waals surface area contributed by atoms with Gasteiger partial charge in [0.2, 0.25) is 10.0 Å². The topological polar surface area (TPSA) is 163 Å². The molecule has 178 valence electrons. The average Bonchev–Trinajstić information content (AvgIpc) is 3.13. The molecule has 0 saturated heterocycles. The molecule has 11 nitrogen and oxygen atoms in total. The van der Waals surface area contributed by atoms with Gasteiger partial charge in [0.15, 0.2) is 0 Å². The fourth-order valence-corrected chi connectivity index (χ4v) is 3.95. The minimum atomic E-state index is -4.17. The van der Waals surface area contributed by atoms with E-state index in [9.17, 15) is 18.0 Å². The number of nitrogens with zero attached hydrogens (tertiary/aromatic N) is 3. The van der Waals surface area contributed by atoms with Crippen LogP contribution in [0.1, 0.15) is 26.3 Å². The number of sulfonamides is 1. The molecular weight excluding hydrogens is 482 g/mol. The number of nitrogens with two attached hydrogens (primary N) is 1. The summed E-state index contributed by atoms with van der Waals surface area (Å²) >= 11 is 5.86. The molecule has 3 aromatic rings. The summed E-state index contributed by atoms with van der Waals surface area (Å²) in [5, 5.41) is 22.5. The highest BCUT2D eigenvalue weighted by Gasteiger charge is 2.22. The van der Waals surface area contributed by atoms with Crippen molar-refractivity contribution in [1.29, 1.82) is 5.41 Å². The second kappa shape index (κ2) is 9.63. The molecule has 0 radical (unpaired) electrons. The molecule has 0 aliphatic heterocycles. The number of benzene rings is 2. The lowest BCUT2D eigenvalue weighted by Gasteiger charge is -2.14. The predicted octanol–water partition coefficient (Wildman–Crippen LogP) is 2.11. The largest absolute Gasteiger partial charge is 0.363 e. The Morgan fingerprint density at radius 3 is 2.26 bits per heavy atom. The van der Waals surface area contributed by atoms with Crippen LogP contribution < -0.4 is 15.8 Å². The Morgan fingerprint density at radius 1 is 1.06 bits per heavy atom. The van der Waals surface area contributed by atoms with Crippen molar-refractivity contribution in [3.63, 3.8) is 0 Å². The van der Waals surface area contributed by atoms with Gasteiger partial charge in [0, 0.05) is 37.3 Å². The molecule has 3 rings (SSSR count). The van der Waals surface area contributed by atoms with E-state index in [2.05, 4.69) is 15.7 Å². The Bertz CT molecular complexity index is 1380. The minimum Gasteiger partial charge on any atom is -0.363 e. The molecule has 0 atom stereocenters. The SMILES string of the molecule is CN(C)C(=N)c1ccc(C(=O)Nc2c(C(=O)Nc3ccc(Cl)cc3S(N)(=O)=O)cnn2C)cc1. The lowest BCUT2D eigenvalue weighted by atomic mass is 10.1. The standard InChI is InChI=1S/C21H22ClN7O4S/c1-28(2)18(23)12-4-6-13(7-5-12)20(30)27-19-15(11-25-29(19)3)21(31)26-16-9-8-14(22)10-17(16)34(24,32)33/h4-11,23H,1-3H3,(H,26,31)(H,27,30)(H2,24,32,33). The maximum absolute atomic E-state index is 12.9. The van der Waals surface area contributed by atoms with Crippen molar-refractivity contribution in [3.05, 3.63) is 70.4 Å². The highest BCUT2D eigenvalue weighted by Crippen LogP contribution is 2.26. The first-order valence-corrected chi connectivity index (χ1v) is 11.6. The number of carbonyl (C=O) groups excluding carboxylic acids is 2. The number of hydrogen-bond acceptors (Lipinski definition) is 6. The number of rotatable bonds is 6. The molecule has 2 amide bonds. The second-order valence-electron chi connectivity index (χ2n) is 7.44. The summed E-state index contributed by atoms with van der Waals surface area (Å²) in [5.74, 6) is -0.833. The van der Waals surface area contributed by atoms with E-state index in [1.165, 1.54) is 30.1 Å². The fraction of sp³-hybridized carbons (Fsp3) is 0.143. The van der Waals surface area contributed by atoms with Crippen molar-refractivity contribution in [2.45, 2.75) is 4.90 Å². The molecule has 0 aliphatic rings. The van der Waals surface area contributed by atoms with Crippen LogP contribution in [0.2, 0.25) is 5.02 Å². The molecule has 0 spiro atoms. The number of aromatic nitrogens is 2. The first-order chi connectivity index (χ1) is 15.9. The van der Waals surface area contributed by atoms with Crippen molar-refractivity contribution in [3.8, 4) is 0 Å². The number of primary sulfonamides is 1. The summed E-state index contributed by atoms with van der Waals surface area (Å²) in [4.78, 5) is 27.0. The first-order valence-electron chi connectivity index (χ1n) is 9.72. The van der Waals surface area contributed by atoms with Crippen LogP contribution in [0.5, 0.6) is 0 Å². The van der Waals surface area contributed by atoms with E-state index in [4.69, 9.17) is 22.1 Å². The molecule has 0 unspecified atom stereocenters. The maximum atomic E-state index is 12.9. The number of amides is 2. The van der Waals surface area contributed by atoms with E-state index in [1.54, 1.807) is 43.3 Å². The summed E-state index contributed by atoms with van der Waals surface area (Å²) in [6.45, 7) is 0. The Balaban J connectivity index is 1.84. The number of nitrogens with one attached hydrogen (secondary N) is 3. The smallest absolute Gasteiger partial charge is 0.261 e. The summed E-state index contributed by atoms with van der Waals surface area (Å²) < 4.78 is 25.1. The molecule has 0 bridgehead atoms. The highest BCUT2D eigenvalue weighted by molar-refractivity contribution is 7.89. The van der Waals surface area contributed by atoms with Crippen molar-refractivity contribution in [2.75, 3.05) is 24.7 Å². The molecule has 0 saturated carbocycles. The van der Waals surface area contributed by atoms with Crippen molar-refractivity contribution in [2.24, 2.45) is 12.2 Å². The van der Waals surface area contributed by atoms with E-state index >= 15 is 0 Å². The lowest BCUT2D eigenvalue weighted by Crippen LogP contribution is -2.22. The van der Waals surface area contributed by atoms with Gasteiger partial charge in [0.1, 0.15) is 22.1 Å². The van der Waals surface area contributed by atoms with Crippen LogP contribution in [0.4, 0.5) is 11.5 Å². The summed E-state index contributed by atoms with van der Waals surface area (Å²) in [6, 6.07) is 10.2. The number of anilines is 2. The Morgan fingerprint density at radius 2 is 1.68 bits per heavy atom. The summed E-state index contributed by atoms with van der Waals surface area (Å²) in [5.41, 5.74) is 0.863. The van der Waals surface area contributed by atoms with Crippen LogP contribution in [0.25, 0.3) is 0 Å².